The van der Waals surface area contributed by atoms with Gasteiger partial charge in [-0.2, -0.15) is 0 Å². The molecule has 0 aliphatic rings. The molecule has 4 atom stereocenters. The maximum atomic E-state index is 13.2. The molecule has 0 aliphatic heterocycles. The van der Waals surface area contributed by atoms with Gasteiger partial charge in [0.15, 0.2) is 0 Å². The molecule has 38 heavy (non-hydrogen) atoms. The summed E-state index contributed by atoms with van der Waals surface area (Å²) in [6.45, 7) is 3.30. The van der Waals surface area contributed by atoms with Gasteiger partial charge < -0.3 is 43.4 Å². The van der Waals surface area contributed by atoms with E-state index in [0.29, 0.717) is 5.56 Å². The molecule has 0 aromatic heterocycles. The Morgan fingerprint density at radius 1 is 0.789 bits per heavy atom. The van der Waals surface area contributed by atoms with Crippen molar-refractivity contribution in [1.29, 1.82) is 0 Å². The van der Waals surface area contributed by atoms with E-state index in [9.17, 15) is 39.0 Å². The van der Waals surface area contributed by atoms with Crippen molar-refractivity contribution < 1.29 is 39.0 Å². The van der Waals surface area contributed by atoms with E-state index in [4.69, 9.17) is 17.2 Å². The van der Waals surface area contributed by atoms with Gasteiger partial charge in [-0.15, -0.1) is 0 Å². The Morgan fingerprint density at radius 2 is 1.32 bits per heavy atom. The number of carboxylic acid groups (broad SMARTS) is 1. The van der Waals surface area contributed by atoms with Crippen LogP contribution in [0.1, 0.15) is 45.1 Å². The van der Waals surface area contributed by atoms with Crippen LogP contribution in [0.25, 0.3) is 0 Å². The molecule has 14 nitrogen and oxygen atoms in total. The maximum absolute atomic E-state index is 13.2. The molecule has 4 unspecified atom stereocenters. The van der Waals surface area contributed by atoms with E-state index in [1.54, 1.807) is 13.8 Å². The van der Waals surface area contributed by atoms with E-state index >= 15 is 0 Å². The summed E-state index contributed by atoms with van der Waals surface area (Å²) in [4.78, 5) is 72.4. The molecular formula is C24H36N6O8. The second kappa shape index (κ2) is 15.1. The fourth-order valence-electron chi connectivity index (χ4n) is 3.38. The Hall–Kier alpha value is -4.20. The molecule has 0 saturated heterocycles. The number of phenols is 1. The van der Waals surface area contributed by atoms with Crippen molar-refractivity contribution in [3.63, 3.8) is 0 Å². The third-order valence-corrected chi connectivity index (χ3v) is 5.59. The van der Waals surface area contributed by atoms with Gasteiger partial charge in [0.25, 0.3) is 0 Å². The lowest BCUT2D eigenvalue weighted by molar-refractivity contribution is -0.142. The molecule has 0 fully saturated rings. The summed E-state index contributed by atoms with van der Waals surface area (Å²) in [6, 6.07) is 0.832. The van der Waals surface area contributed by atoms with Crippen molar-refractivity contribution in [2.24, 2.45) is 23.1 Å². The lowest BCUT2D eigenvalue weighted by atomic mass is 10.00. The summed E-state index contributed by atoms with van der Waals surface area (Å²) in [6.07, 6.45) is -0.783. The first-order valence-electron chi connectivity index (χ1n) is 11.9. The Kier molecular flexibility index (Phi) is 12.7. The Bertz CT molecular complexity index is 1010. The van der Waals surface area contributed by atoms with Crippen LogP contribution in [0.2, 0.25) is 0 Å². The molecule has 1 aromatic carbocycles. The summed E-state index contributed by atoms with van der Waals surface area (Å²) < 4.78 is 0. The van der Waals surface area contributed by atoms with Gasteiger partial charge in [0.05, 0.1) is 6.04 Å². The van der Waals surface area contributed by atoms with Gasteiger partial charge in [-0.05, 0) is 36.5 Å². The van der Waals surface area contributed by atoms with Gasteiger partial charge in [0.2, 0.25) is 29.5 Å². The third kappa shape index (κ3) is 11.2. The number of phenolic OH excluding ortho intramolecular Hbond substituents is 1. The van der Waals surface area contributed by atoms with Crippen molar-refractivity contribution in [2.75, 3.05) is 0 Å². The lowest BCUT2D eigenvalue weighted by Crippen LogP contribution is -2.59. The van der Waals surface area contributed by atoms with E-state index in [1.807, 2.05) is 0 Å². The highest BCUT2D eigenvalue weighted by Crippen LogP contribution is 2.13. The molecular weight excluding hydrogens is 500 g/mol. The van der Waals surface area contributed by atoms with Crippen LogP contribution in [0.15, 0.2) is 24.3 Å². The first-order valence-corrected chi connectivity index (χ1v) is 11.9. The monoisotopic (exact) mass is 536 g/mol. The molecule has 11 N–H and O–H groups in total. The molecule has 0 heterocycles. The number of aliphatic carboxylic acids is 1. The zero-order chi connectivity index (χ0) is 29.0. The molecule has 14 heteroatoms. The van der Waals surface area contributed by atoms with Crippen LogP contribution in [-0.4, -0.2) is 69.9 Å². The molecule has 1 aromatic rings. The number of rotatable bonds is 16. The Labute approximate surface area is 219 Å². The molecule has 0 aliphatic carbocycles. The van der Waals surface area contributed by atoms with Crippen LogP contribution in [0.5, 0.6) is 5.75 Å². The summed E-state index contributed by atoms with van der Waals surface area (Å²) in [5, 5.41) is 26.3. The molecule has 1 rings (SSSR count). The van der Waals surface area contributed by atoms with Gasteiger partial charge in [-0.3, -0.25) is 24.0 Å². The van der Waals surface area contributed by atoms with Crippen LogP contribution < -0.4 is 33.2 Å². The van der Waals surface area contributed by atoms with Crippen molar-refractivity contribution in [2.45, 2.75) is 70.1 Å². The highest BCUT2D eigenvalue weighted by molar-refractivity contribution is 5.94. The molecule has 0 spiro atoms. The first kappa shape index (κ1) is 31.8. The van der Waals surface area contributed by atoms with Gasteiger partial charge in [-0.1, -0.05) is 26.0 Å². The van der Waals surface area contributed by atoms with Crippen LogP contribution >= 0.6 is 0 Å². The molecule has 5 amide bonds. The van der Waals surface area contributed by atoms with Gasteiger partial charge in [0, 0.05) is 19.3 Å². The normalized spacial score (nSPS) is 14.0. The van der Waals surface area contributed by atoms with Crippen molar-refractivity contribution in [3.05, 3.63) is 29.8 Å². The molecule has 0 radical (unpaired) electrons. The zero-order valence-electron chi connectivity index (χ0n) is 21.3. The van der Waals surface area contributed by atoms with Gasteiger partial charge >= 0.3 is 5.97 Å². The number of hydrogen-bond acceptors (Lipinski definition) is 8. The fourth-order valence-corrected chi connectivity index (χ4v) is 3.38. The highest BCUT2D eigenvalue weighted by atomic mass is 16.4. The van der Waals surface area contributed by atoms with Crippen LogP contribution in [0.4, 0.5) is 0 Å². The quantitative estimate of drug-likeness (QED) is 0.116. The second-order valence-corrected chi connectivity index (χ2v) is 9.18. The number of nitrogens with one attached hydrogen (secondary N) is 3. The zero-order valence-corrected chi connectivity index (χ0v) is 21.3. The lowest BCUT2D eigenvalue weighted by Gasteiger charge is -2.27. The first-order chi connectivity index (χ1) is 17.7. The Balaban J connectivity index is 3.11. The minimum absolute atomic E-state index is 0.0218. The SMILES string of the molecule is CC(C)C(NC(=O)C(N)CCC(N)=O)C(=O)NC(Cc1ccc(O)cc1)C(=O)NC(CCC(N)=O)C(=O)O. The fraction of sp³-hybridized carbons (Fsp3) is 0.500. The van der Waals surface area contributed by atoms with E-state index in [1.165, 1.54) is 24.3 Å². The molecule has 0 saturated carbocycles. The minimum Gasteiger partial charge on any atom is -0.508 e. The third-order valence-electron chi connectivity index (χ3n) is 5.59. The topological polar surface area (TPSA) is 257 Å². The van der Waals surface area contributed by atoms with Crippen LogP contribution in [-0.2, 0) is 35.2 Å². The van der Waals surface area contributed by atoms with Crippen molar-refractivity contribution in [3.8, 4) is 5.75 Å². The van der Waals surface area contributed by atoms with Crippen molar-refractivity contribution in [1.82, 2.24) is 16.0 Å². The molecule has 210 valence electrons. The number of benzene rings is 1. The maximum Gasteiger partial charge on any atom is 0.326 e. The number of amides is 5. The van der Waals surface area contributed by atoms with E-state index in [2.05, 4.69) is 16.0 Å². The second-order valence-electron chi connectivity index (χ2n) is 9.18. The van der Waals surface area contributed by atoms with Gasteiger partial charge in [0.1, 0.15) is 23.9 Å². The summed E-state index contributed by atoms with van der Waals surface area (Å²) in [5.41, 5.74) is 16.5. The number of aromatic hydroxyl groups is 1. The predicted molar refractivity (Wildman–Crippen MR) is 135 cm³/mol. The summed E-state index contributed by atoms with van der Waals surface area (Å²) >= 11 is 0. The van der Waals surface area contributed by atoms with E-state index in [-0.39, 0.29) is 37.9 Å². The smallest absolute Gasteiger partial charge is 0.326 e. The minimum atomic E-state index is -1.45. The summed E-state index contributed by atoms with van der Waals surface area (Å²) in [7, 11) is 0. The Morgan fingerprint density at radius 3 is 1.82 bits per heavy atom. The number of hydrogen-bond donors (Lipinski definition) is 8. The average molecular weight is 537 g/mol. The van der Waals surface area contributed by atoms with E-state index in [0.717, 1.165) is 0 Å². The highest BCUT2D eigenvalue weighted by Gasteiger charge is 2.32. The number of carbonyl (C=O) groups is 6. The van der Waals surface area contributed by atoms with Crippen LogP contribution in [0.3, 0.4) is 0 Å². The number of primary amides is 2. The van der Waals surface area contributed by atoms with Gasteiger partial charge in [-0.25, -0.2) is 4.79 Å². The van der Waals surface area contributed by atoms with Crippen LogP contribution in [0, 0.1) is 5.92 Å². The number of nitrogens with two attached hydrogens (primary N) is 3. The summed E-state index contributed by atoms with van der Waals surface area (Å²) in [5.74, 6) is -5.53. The largest absolute Gasteiger partial charge is 0.508 e. The number of carbonyl (C=O) groups excluding carboxylic acids is 5. The van der Waals surface area contributed by atoms with E-state index < -0.39 is 65.6 Å². The van der Waals surface area contributed by atoms with Crippen molar-refractivity contribution >= 4 is 35.5 Å². The standard InChI is InChI=1S/C24H36N6O8/c1-12(2)20(30-21(34)15(25)7-9-18(26)32)23(36)29-17(11-13-3-5-14(31)6-4-13)22(35)28-16(24(37)38)8-10-19(27)33/h3-6,12,15-17,20,31H,7-11,25H2,1-2H3,(H2,26,32)(H2,27,33)(H,28,35)(H,29,36)(H,30,34)(H,37,38). The predicted octanol–water partition coefficient (Wildman–Crippen LogP) is -2.01. The molecule has 0 bridgehead atoms. The average Bonchev–Trinajstić information content (AvgIpc) is 2.83. The number of carboxylic acids is 1.